The molecule has 0 aliphatic carbocycles. The van der Waals surface area contributed by atoms with Gasteiger partial charge in [0, 0.05) is 37.3 Å². The summed E-state index contributed by atoms with van der Waals surface area (Å²) in [5.74, 6) is -0.817. The van der Waals surface area contributed by atoms with E-state index in [0.717, 1.165) is 22.7 Å². The Morgan fingerprint density at radius 1 is 1.17 bits per heavy atom. The van der Waals surface area contributed by atoms with Crippen LogP contribution in [0.5, 0.6) is 0 Å². The third kappa shape index (κ3) is 5.35. The summed E-state index contributed by atoms with van der Waals surface area (Å²) >= 11 is 0. The summed E-state index contributed by atoms with van der Waals surface area (Å²) in [6.45, 7) is 0.687. The number of halogens is 1. The van der Waals surface area contributed by atoms with Crippen LogP contribution in [0.1, 0.15) is 25.7 Å². The molecule has 0 spiro atoms. The second kappa shape index (κ2) is 9.25. The molecule has 1 aliphatic heterocycles. The van der Waals surface area contributed by atoms with Gasteiger partial charge in [-0.1, -0.05) is 12.1 Å². The van der Waals surface area contributed by atoms with Gasteiger partial charge in [-0.2, -0.15) is 0 Å². The fourth-order valence-electron chi connectivity index (χ4n) is 3.37. The minimum atomic E-state index is -3.69. The number of carbonyl (C=O) groups excluding carboxylic acids is 2. The minimum absolute atomic E-state index is 0.0107. The quantitative estimate of drug-likeness (QED) is 0.693. The Bertz CT molecular complexity index is 1020. The number of carbonyl (C=O) groups is 2. The smallest absolute Gasteiger partial charge is 0.232 e. The molecule has 0 radical (unpaired) electrons. The molecule has 160 valence electrons. The van der Waals surface area contributed by atoms with Crippen molar-refractivity contribution in [2.75, 3.05) is 33.9 Å². The first-order valence-corrected chi connectivity index (χ1v) is 11.5. The highest BCUT2D eigenvalue weighted by Gasteiger charge is 2.22. The summed E-state index contributed by atoms with van der Waals surface area (Å²) in [6.07, 6.45) is 2.71. The Labute approximate surface area is 175 Å². The summed E-state index contributed by atoms with van der Waals surface area (Å²) in [7, 11) is -3.69. The molecule has 0 aromatic heterocycles. The lowest BCUT2D eigenvalue weighted by atomic mass is 10.2. The zero-order valence-corrected chi connectivity index (χ0v) is 17.5. The lowest BCUT2D eigenvalue weighted by Gasteiger charge is -2.22. The number of hydrogen-bond donors (Lipinski definition) is 1. The van der Waals surface area contributed by atoms with Crippen LogP contribution in [-0.2, 0) is 19.6 Å². The average molecular weight is 434 g/mol. The Morgan fingerprint density at radius 3 is 2.47 bits per heavy atom. The van der Waals surface area contributed by atoms with Gasteiger partial charge in [-0.05, 0) is 49.2 Å². The van der Waals surface area contributed by atoms with E-state index in [1.165, 1.54) is 18.2 Å². The monoisotopic (exact) mass is 433 g/mol. The highest BCUT2D eigenvalue weighted by molar-refractivity contribution is 7.92. The maximum absolute atomic E-state index is 14.0. The number of hydrogen-bond acceptors (Lipinski definition) is 4. The first-order valence-electron chi connectivity index (χ1n) is 9.68. The summed E-state index contributed by atoms with van der Waals surface area (Å²) < 4.78 is 39.1. The van der Waals surface area contributed by atoms with Gasteiger partial charge in [-0.25, -0.2) is 12.8 Å². The van der Waals surface area contributed by atoms with Gasteiger partial charge < -0.3 is 10.2 Å². The molecule has 3 rings (SSSR count). The molecule has 1 fully saturated rings. The van der Waals surface area contributed by atoms with Crippen LogP contribution in [0.15, 0.2) is 48.5 Å². The van der Waals surface area contributed by atoms with Crippen molar-refractivity contribution in [2.24, 2.45) is 0 Å². The van der Waals surface area contributed by atoms with Gasteiger partial charge in [0.15, 0.2) is 0 Å². The molecular formula is C21H24FN3O4S. The molecule has 0 bridgehead atoms. The van der Waals surface area contributed by atoms with E-state index in [1.807, 2.05) is 0 Å². The molecule has 0 saturated carbocycles. The molecule has 0 unspecified atom stereocenters. The van der Waals surface area contributed by atoms with Gasteiger partial charge in [0.1, 0.15) is 5.82 Å². The van der Waals surface area contributed by atoms with Gasteiger partial charge in [-0.15, -0.1) is 0 Å². The first kappa shape index (κ1) is 21.8. The molecule has 2 aromatic carbocycles. The number of sulfonamides is 1. The maximum atomic E-state index is 14.0. The average Bonchev–Trinajstić information content (AvgIpc) is 3.12. The molecule has 1 aliphatic rings. The SMILES string of the molecule is CS(=O)(=O)N(CCCC(=O)Nc1ccc(N2CCCC2=O)cc1)c1ccccc1F. The lowest BCUT2D eigenvalue weighted by molar-refractivity contribution is -0.117. The van der Waals surface area contributed by atoms with Crippen LogP contribution >= 0.6 is 0 Å². The molecule has 2 amide bonds. The van der Waals surface area contributed by atoms with Crippen molar-refractivity contribution in [1.29, 1.82) is 0 Å². The van der Waals surface area contributed by atoms with Gasteiger partial charge in [-0.3, -0.25) is 13.9 Å². The number of benzene rings is 2. The third-order valence-electron chi connectivity index (χ3n) is 4.82. The maximum Gasteiger partial charge on any atom is 0.232 e. The summed E-state index contributed by atoms with van der Waals surface area (Å²) in [5.41, 5.74) is 1.35. The van der Waals surface area contributed by atoms with Crippen molar-refractivity contribution in [1.82, 2.24) is 0 Å². The van der Waals surface area contributed by atoms with Crippen molar-refractivity contribution in [3.63, 3.8) is 0 Å². The van der Waals surface area contributed by atoms with Crippen LogP contribution in [0, 0.1) is 5.82 Å². The van der Waals surface area contributed by atoms with Crippen molar-refractivity contribution in [3.05, 3.63) is 54.3 Å². The number of nitrogens with one attached hydrogen (secondary N) is 1. The van der Waals surface area contributed by atoms with Crippen LogP contribution < -0.4 is 14.5 Å². The zero-order valence-electron chi connectivity index (χ0n) is 16.7. The van der Waals surface area contributed by atoms with Crippen molar-refractivity contribution < 1.29 is 22.4 Å². The summed E-state index contributed by atoms with van der Waals surface area (Å²) in [6, 6.07) is 12.6. The molecule has 1 saturated heterocycles. The lowest BCUT2D eigenvalue weighted by Crippen LogP contribution is -2.32. The van der Waals surface area contributed by atoms with Crippen LogP contribution in [0.2, 0.25) is 0 Å². The van der Waals surface area contributed by atoms with E-state index in [2.05, 4.69) is 5.32 Å². The number of anilines is 3. The highest BCUT2D eigenvalue weighted by atomic mass is 32.2. The molecule has 2 aromatic rings. The Morgan fingerprint density at radius 2 is 1.87 bits per heavy atom. The summed E-state index contributed by atoms with van der Waals surface area (Å²) in [5, 5.41) is 2.75. The number of amides is 2. The van der Waals surface area contributed by atoms with Gasteiger partial charge >= 0.3 is 0 Å². The second-order valence-corrected chi connectivity index (χ2v) is 9.04. The number of rotatable bonds is 8. The van der Waals surface area contributed by atoms with E-state index < -0.39 is 15.8 Å². The molecule has 1 N–H and O–H groups in total. The first-order chi connectivity index (χ1) is 14.3. The van der Waals surface area contributed by atoms with E-state index in [-0.39, 0.29) is 36.9 Å². The molecule has 9 heteroatoms. The van der Waals surface area contributed by atoms with Gasteiger partial charge in [0.25, 0.3) is 0 Å². The Balaban J connectivity index is 1.55. The van der Waals surface area contributed by atoms with E-state index in [0.29, 0.717) is 18.7 Å². The molecule has 30 heavy (non-hydrogen) atoms. The normalized spacial score (nSPS) is 14.1. The van der Waals surface area contributed by atoms with Crippen LogP contribution in [-0.4, -0.2) is 39.6 Å². The van der Waals surface area contributed by atoms with E-state index in [1.54, 1.807) is 35.2 Å². The van der Waals surface area contributed by atoms with Gasteiger partial charge in [0.05, 0.1) is 11.9 Å². The van der Waals surface area contributed by atoms with Crippen molar-refractivity contribution in [2.45, 2.75) is 25.7 Å². The Hall–Kier alpha value is -2.94. The van der Waals surface area contributed by atoms with Crippen molar-refractivity contribution >= 4 is 38.9 Å². The topological polar surface area (TPSA) is 86.8 Å². The largest absolute Gasteiger partial charge is 0.326 e. The number of nitrogens with zero attached hydrogens (tertiary/aromatic N) is 2. The van der Waals surface area contributed by atoms with Crippen LogP contribution in [0.25, 0.3) is 0 Å². The number of para-hydroxylation sites is 1. The fraction of sp³-hybridized carbons (Fsp3) is 0.333. The van der Waals surface area contributed by atoms with Crippen LogP contribution in [0.4, 0.5) is 21.5 Å². The van der Waals surface area contributed by atoms with Crippen LogP contribution in [0.3, 0.4) is 0 Å². The zero-order chi connectivity index (χ0) is 21.7. The van der Waals surface area contributed by atoms with E-state index in [9.17, 15) is 22.4 Å². The van der Waals surface area contributed by atoms with E-state index in [4.69, 9.17) is 0 Å². The highest BCUT2D eigenvalue weighted by Crippen LogP contribution is 2.24. The molecular weight excluding hydrogens is 409 g/mol. The van der Waals surface area contributed by atoms with Gasteiger partial charge in [0.2, 0.25) is 21.8 Å². The molecule has 1 heterocycles. The minimum Gasteiger partial charge on any atom is -0.326 e. The third-order valence-corrected chi connectivity index (χ3v) is 6.00. The standard InChI is InChI=1S/C21H24FN3O4S/c1-30(28,29)25(19-7-3-2-6-18(19)22)15-4-8-20(26)23-16-10-12-17(13-11-16)24-14-5-9-21(24)27/h2-3,6-7,10-13H,4-5,8-9,14-15H2,1H3,(H,23,26). The summed E-state index contributed by atoms with van der Waals surface area (Å²) in [4.78, 5) is 25.7. The Kier molecular flexibility index (Phi) is 6.71. The van der Waals surface area contributed by atoms with E-state index >= 15 is 0 Å². The second-order valence-electron chi connectivity index (χ2n) is 7.13. The molecule has 0 atom stereocenters. The predicted molar refractivity (Wildman–Crippen MR) is 114 cm³/mol. The molecule has 7 nitrogen and oxygen atoms in total. The predicted octanol–water partition coefficient (Wildman–Crippen LogP) is 3.14. The fourth-order valence-corrected chi connectivity index (χ4v) is 4.34. The van der Waals surface area contributed by atoms with Crippen molar-refractivity contribution in [3.8, 4) is 0 Å².